The molecule has 0 bridgehead atoms. The van der Waals surface area contributed by atoms with E-state index in [0.29, 0.717) is 11.1 Å². The molecule has 0 spiro atoms. The Bertz CT molecular complexity index is 1280. The van der Waals surface area contributed by atoms with Crippen molar-refractivity contribution < 1.29 is 14.4 Å². The smallest absolute Gasteiger partial charge is 0.287 e. The second kappa shape index (κ2) is 12.9. The summed E-state index contributed by atoms with van der Waals surface area (Å²) in [6.07, 6.45) is 4.01. The maximum atomic E-state index is 13.2. The van der Waals surface area contributed by atoms with Gasteiger partial charge in [-0.05, 0) is 35.4 Å². The maximum Gasteiger partial charge on any atom is 0.287 e. The Labute approximate surface area is 223 Å². The van der Waals surface area contributed by atoms with Gasteiger partial charge >= 0.3 is 0 Å². The number of ketones is 1. The fourth-order valence-electron chi connectivity index (χ4n) is 4.50. The van der Waals surface area contributed by atoms with Gasteiger partial charge in [-0.2, -0.15) is 0 Å². The number of carbonyl (C=O) groups is 3. The number of primary amides is 1. The van der Waals surface area contributed by atoms with Crippen LogP contribution < -0.4 is 11.1 Å². The van der Waals surface area contributed by atoms with Crippen molar-refractivity contribution in [3.63, 3.8) is 0 Å². The molecule has 1 heterocycles. The van der Waals surface area contributed by atoms with Crippen LogP contribution in [0.1, 0.15) is 32.6 Å². The van der Waals surface area contributed by atoms with Crippen molar-refractivity contribution >= 4 is 29.7 Å². The lowest BCUT2D eigenvalue weighted by atomic mass is 10.00. The summed E-state index contributed by atoms with van der Waals surface area (Å²) in [4.78, 5) is 42.1. The minimum absolute atomic E-state index is 0.173. The van der Waals surface area contributed by atoms with Gasteiger partial charge in [0.15, 0.2) is 0 Å². The molecular formula is C31H34N4O3. The molecule has 0 aliphatic carbocycles. The Hall–Kier alpha value is -4.07. The Kier molecular flexibility index (Phi) is 9.19. The van der Waals surface area contributed by atoms with Gasteiger partial charge in [-0.3, -0.25) is 19.3 Å². The molecule has 7 nitrogen and oxygen atoms in total. The Morgan fingerprint density at radius 3 is 2.18 bits per heavy atom. The number of carbonyl (C=O) groups excluding carboxylic acids is 3. The number of likely N-dealkylation sites (N-methyl/N-ethyl adjacent to an activating group) is 1. The molecule has 0 aromatic heterocycles. The molecule has 3 N–H and O–H groups in total. The number of rotatable bonds is 10. The summed E-state index contributed by atoms with van der Waals surface area (Å²) < 4.78 is 0. The van der Waals surface area contributed by atoms with Crippen molar-refractivity contribution in [2.75, 3.05) is 33.2 Å². The second-order valence-corrected chi connectivity index (χ2v) is 9.69. The van der Waals surface area contributed by atoms with Crippen LogP contribution in [0.15, 0.2) is 78.9 Å². The number of nitrogens with zero attached hydrogens (tertiary/aromatic N) is 2. The van der Waals surface area contributed by atoms with Gasteiger partial charge < -0.3 is 16.0 Å². The second-order valence-electron chi connectivity index (χ2n) is 9.69. The standard InChI is InChI=1S/C31H34N4O3/c1-34-17-19-35(20-18-34)22-25-13-11-23(12-14-25)15-16-26-9-5-6-10-27(26)31(38)33-28(29(36)30(32)37)21-24-7-3-2-4-8-24/h2-16,28H,17-22H2,1H3,(H2,32,37)(H,33,38)/b16-15+. The van der Waals surface area contributed by atoms with E-state index in [1.54, 1.807) is 12.1 Å². The lowest BCUT2D eigenvalue weighted by molar-refractivity contribution is -0.137. The van der Waals surface area contributed by atoms with E-state index >= 15 is 0 Å². The monoisotopic (exact) mass is 510 g/mol. The van der Waals surface area contributed by atoms with Crippen molar-refractivity contribution in [3.05, 3.63) is 107 Å². The van der Waals surface area contributed by atoms with Crippen molar-refractivity contribution in [1.29, 1.82) is 0 Å². The fourth-order valence-corrected chi connectivity index (χ4v) is 4.50. The summed E-state index contributed by atoms with van der Waals surface area (Å²) in [5, 5.41) is 2.72. The minimum Gasteiger partial charge on any atom is -0.363 e. The number of benzene rings is 3. The third-order valence-corrected chi connectivity index (χ3v) is 6.79. The molecule has 1 aliphatic heterocycles. The number of Topliss-reactive ketones (excluding diaryl/α,β-unsaturated/α-hetero) is 1. The van der Waals surface area contributed by atoms with E-state index in [-0.39, 0.29) is 6.42 Å². The van der Waals surface area contributed by atoms with Crippen LogP contribution in [-0.4, -0.2) is 66.7 Å². The molecule has 1 saturated heterocycles. The van der Waals surface area contributed by atoms with E-state index in [2.05, 4.69) is 46.4 Å². The average Bonchev–Trinajstić information content (AvgIpc) is 2.94. The number of nitrogens with one attached hydrogen (secondary N) is 1. The molecule has 3 aromatic rings. The van der Waals surface area contributed by atoms with Gasteiger partial charge in [-0.1, -0.05) is 84.9 Å². The number of nitrogens with two attached hydrogens (primary N) is 1. The number of amides is 2. The van der Waals surface area contributed by atoms with E-state index in [1.165, 1.54) is 5.56 Å². The molecule has 196 valence electrons. The summed E-state index contributed by atoms with van der Waals surface area (Å²) in [7, 11) is 2.16. The van der Waals surface area contributed by atoms with Crippen molar-refractivity contribution in [2.24, 2.45) is 5.73 Å². The summed E-state index contributed by atoms with van der Waals surface area (Å²) in [5.74, 6) is -2.34. The molecule has 2 amide bonds. The SMILES string of the molecule is CN1CCN(Cc2ccc(/C=C/c3ccccc3C(=O)NC(Cc3ccccc3)C(=O)C(N)=O)cc2)CC1. The van der Waals surface area contributed by atoms with Crippen LogP contribution in [0.2, 0.25) is 0 Å². The quantitative estimate of drug-likeness (QED) is 0.323. The molecule has 1 atom stereocenters. The Morgan fingerprint density at radius 2 is 1.50 bits per heavy atom. The summed E-state index contributed by atoms with van der Waals surface area (Å²) in [5.41, 5.74) is 9.48. The highest BCUT2D eigenvalue weighted by atomic mass is 16.2. The molecule has 38 heavy (non-hydrogen) atoms. The fraction of sp³-hybridized carbons (Fsp3) is 0.258. The molecule has 1 aliphatic rings. The van der Waals surface area contributed by atoms with E-state index in [9.17, 15) is 14.4 Å². The van der Waals surface area contributed by atoms with Crippen LogP contribution in [0.4, 0.5) is 0 Å². The van der Waals surface area contributed by atoms with Crippen LogP contribution >= 0.6 is 0 Å². The highest BCUT2D eigenvalue weighted by Crippen LogP contribution is 2.16. The molecule has 7 heteroatoms. The molecule has 1 fully saturated rings. The first-order chi connectivity index (χ1) is 18.4. The lowest BCUT2D eigenvalue weighted by Gasteiger charge is -2.32. The summed E-state index contributed by atoms with van der Waals surface area (Å²) in [6.45, 7) is 5.28. The highest BCUT2D eigenvalue weighted by molar-refractivity contribution is 6.38. The first kappa shape index (κ1) is 27.0. The zero-order valence-electron chi connectivity index (χ0n) is 21.7. The molecule has 4 rings (SSSR count). The van der Waals surface area contributed by atoms with Gasteiger partial charge in [0.1, 0.15) is 6.04 Å². The molecular weight excluding hydrogens is 476 g/mol. The molecule has 3 aromatic carbocycles. The third kappa shape index (κ3) is 7.47. The Balaban J connectivity index is 1.44. The van der Waals surface area contributed by atoms with Crippen LogP contribution in [0.3, 0.4) is 0 Å². The normalized spacial score (nSPS) is 15.3. The van der Waals surface area contributed by atoms with Crippen molar-refractivity contribution in [1.82, 2.24) is 15.1 Å². The van der Waals surface area contributed by atoms with Crippen LogP contribution in [0, 0.1) is 0 Å². The zero-order valence-corrected chi connectivity index (χ0v) is 21.7. The molecule has 0 saturated carbocycles. The molecule has 1 unspecified atom stereocenters. The van der Waals surface area contributed by atoms with Crippen LogP contribution in [0.5, 0.6) is 0 Å². The Morgan fingerprint density at radius 1 is 0.842 bits per heavy atom. The van der Waals surface area contributed by atoms with E-state index in [4.69, 9.17) is 5.73 Å². The van der Waals surface area contributed by atoms with Gasteiger partial charge in [0.05, 0.1) is 0 Å². The highest BCUT2D eigenvalue weighted by Gasteiger charge is 2.26. The number of hydrogen-bond donors (Lipinski definition) is 2. The summed E-state index contributed by atoms with van der Waals surface area (Å²) >= 11 is 0. The van der Waals surface area contributed by atoms with E-state index in [0.717, 1.165) is 43.9 Å². The topological polar surface area (TPSA) is 95.7 Å². The predicted octanol–water partition coefficient (Wildman–Crippen LogP) is 3.00. The maximum absolute atomic E-state index is 13.2. The van der Waals surface area contributed by atoms with Crippen LogP contribution in [-0.2, 0) is 22.6 Å². The van der Waals surface area contributed by atoms with E-state index in [1.807, 2.05) is 54.6 Å². The van der Waals surface area contributed by atoms with Crippen LogP contribution in [0.25, 0.3) is 12.2 Å². The first-order valence-corrected chi connectivity index (χ1v) is 12.8. The van der Waals surface area contributed by atoms with Gasteiger partial charge in [-0.25, -0.2) is 0 Å². The third-order valence-electron chi connectivity index (χ3n) is 6.79. The van der Waals surface area contributed by atoms with Gasteiger partial charge in [0.25, 0.3) is 11.8 Å². The molecule has 0 radical (unpaired) electrons. The largest absolute Gasteiger partial charge is 0.363 e. The van der Waals surface area contributed by atoms with Gasteiger partial charge in [0.2, 0.25) is 5.78 Å². The number of hydrogen-bond acceptors (Lipinski definition) is 5. The van der Waals surface area contributed by atoms with Crippen molar-refractivity contribution in [2.45, 2.75) is 19.0 Å². The first-order valence-electron chi connectivity index (χ1n) is 12.8. The number of piperazine rings is 1. The average molecular weight is 511 g/mol. The summed E-state index contributed by atoms with van der Waals surface area (Å²) in [6, 6.07) is 23.7. The lowest BCUT2D eigenvalue weighted by Crippen LogP contribution is -2.47. The van der Waals surface area contributed by atoms with Crippen molar-refractivity contribution in [3.8, 4) is 0 Å². The minimum atomic E-state index is -1.07. The van der Waals surface area contributed by atoms with E-state index < -0.39 is 23.6 Å². The predicted molar refractivity (Wildman–Crippen MR) is 150 cm³/mol. The van der Waals surface area contributed by atoms with Gasteiger partial charge in [-0.15, -0.1) is 0 Å². The zero-order chi connectivity index (χ0) is 26.9. The van der Waals surface area contributed by atoms with Gasteiger partial charge in [0, 0.05) is 44.7 Å².